The van der Waals surface area contributed by atoms with Crippen LogP contribution in [0, 0.1) is 0 Å². The van der Waals surface area contributed by atoms with Gasteiger partial charge in [-0.05, 0) is 47.9 Å². The summed E-state index contributed by atoms with van der Waals surface area (Å²) < 4.78 is 11.4. The molecule has 0 unspecified atom stereocenters. The first-order valence-corrected chi connectivity index (χ1v) is 9.91. The Hall–Kier alpha value is -2.36. The maximum Gasteiger partial charge on any atom is 0.180 e. The van der Waals surface area contributed by atoms with Crippen LogP contribution in [0.5, 0.6) is 11.5 Å². The van der Waals surface area contributed by atoms with Crippen molar-refractivity contribution in [1.29, 1.82) is 0 Å². The topological polar surface area (TPSA) is 30.5 Å². The molecule has 0 fully saturated rings. The Morgan fingerprint density at radius 3 is 2.32 bits per heavy atom. The standard InChI is InChI=1S/C23H23Cl2NO2/c1-3-16-8-10-19(11-9-16)26-14-17-12-21(25)23(22(13-17)27-2)28-15-18-6-4-5-7-20(18)24/h4-13,26H,3,14-15H2,1-2H3. The van der Waals surface area contributed by atoms with Crippen molar-refractivity contribution in [3.8, 4) is 11.5 Å². The second-order valence-corrected chi connectivity index (χ2v) is 7.21. The zero-order valence-corrected chi connectivity index (χ0v) is 17.5. The van der Waals surface area contributed by atoms with E-state index in [1.54, 1.807) is 7.11 Å². The molecule has 0 spiro atoms. The number of nitrogens with one attached hydrogen (secondary N) is 1. The molecular weight excluding hydrogens is 393 g/mol. The molecule has 1 N–H and O–H groups in total. The highest BCUT2D eigenvalue weighted by Gasteiger charge is 2.13. The minimum atomic E-state index is 0.317. The quantitative estimate of drug-likeness (QED) is 0.440. The van der Waals surface area contributed by atoms with Crippen LogP contribution in [0.2, 0.25) is 10.0 Å². The highest BCUT2D eigenvalue weighted by atomic mass is 35.5. The SMILES string of the molecule is CCc1ccc(NCc2cc(Cl)c(OCc3ccccc3Cl)c(OC)c2)cc1. The molecule has 28 heavy (non-hydrogen) atoms. The molecule has 0 saturated heterocycles. The van der Waals surface area contributed by atoms with E-state index in [2.05, 4.69) is 36.5 Å². The van der Waals surface area contributed by atoms with Gasteiger partial charge in [0, 0.05) is 22.8 Å². The Labute approximate surface area is 176 Å². The van der Waals surface area contributed by atoms with Crippen LogP contribution in [-0.2, 0) is 19.6 Å². The average Bonchev–Trinajstić information content (AvgIpc) is 2.72. The number of ether oxygens (including phenoxy) is 2. The first-order valence-electron chi connectivity index (χ1n) is 9.16. The zero-order chi connectivity index (χ0) is 19.9. The van der Waals surface area contributed by atoms with Crippen LogP contribution < -0.4 is 14.8 Å². The lowest BCUT2D eigenvalue weighted by atomic mass is 10.1. The van der Waals surface area contributed by atoms with Gasteiger partial charge in [0.25, 0.3) is 0 Å². The average molecular weight is 416 g/mol. The van der Waals surface area contributed by atoms with Gasteiger partial charge in [0.2, 0.25) is 0 Å². The Morgan fingerprint density at radius 1 is 0.893 bits per heavy atom. The second-order valence-electron chi connectivity index (χ2n) is 6.39. The van der Waals surface area contributed by atoms with Crippen molar-refractivity contribution >= 4 is 28.9 Å². The Bertz CT molecular complexity index is 926. The van der Waals surface area contributed by atoms with E-state index in [4.69, 9.17) is 32.7 Å². The Kier molecular flexibility index (Phi) is 7.07. The van der Waals surface area contributed by atoms with Gasteiger partial charge in [-0.2, -0.15) is 0 Å². The number of anilines is 1. The van der Waals surface area contributed by atoms with E-state index in [1.807, 2.05) is 36.4 Å². The monoisotopic (exact) mass is 415 g/mol. The third kappa shape index (κ3) is 5.12. The number of rotatable bonds is 8. The van der Waals surface area contributed by atoms with E-state index < -0.39 is 0 Å². The normalized spacial score (nSPS) is 10.6. The van der Waals surface area contributed by atoms with E-state index >= 15 is 0 Å². The lowest BCUT2D eigenvalue weighted by molar-refractivity contribution is 0.284. The molecule has 3 nitrogen and oxygen atoms in total. The van der Waals surface area contributed by atoms with Crippen LogP contribution >= 0.6 is 23.2 Å². The van der Waals surface area contributed by atoms with E-state index in [-0.39, 0.29) is 0 Å². The minimum absolute atomic E-state index is 0.317. The van der Waals surface area contributed by atoms with Gasteiger partial charge in [-0.3, -0.25) is 0 Å². The number of methoxy groups -OCH3 is 1. The predicted molar refractivity (Wildman–Crippen MR) is 117 cm³/mol. The summed E-state index contributed by atoms with van der Waals surface area (Å²) in [6.45, 7) is 3.09. The summed E-state index contributed by atoms with van der Waals surface area (Å²) in [5.74, 6) is 1.11. The number of aryl methyl sites for hydroxylation is 1. The van der Waals surface area contributed by atoms with Gasteiger partial charge < -0.3 is 14.8 Å². The molecule has 0 atom stereocenters. The fraction of sp³-hybridized carbons (Fsp3) is 0.217. The summed E-state index contributed by atoms with van der Waals surface area (Å²) in [7, 11) is 1.61. The molecule has 0 aliphatic rings. The predicted octanol–water partition coefficient (Wildman–Crippen LogP) is 6.76. The number of halogens is 2. The van der Waals surface area contributed by atoms with Gasteiger partial charge >= 0.3 is 0 Å². The van der Waals surface area contributed by atoms with Crippen molar-refractivity contribution < 1.29 is 9.47 Å². The summed E-state index contributed by atoms with van der Waals surface area (Å²) in [6.07, 6.45) is 1.03. The lowest BCUT2D eigenvalue weighted by Crippen LogP contribution is -2.03. The Balaban J connectivity index is 1.70. The van der Waals surface area contributed by atoms with E-state index in [0.717, 1.165) is 23.2 Å². The van der Waals surface area contributed by atoms with Crippen LogP contribution in [0.1, 0.15) is 23.6 Å². The zero-order valence-electron chi connectivity index (χ0n) is 16.0. The molecule has 0 aromatic heterocycles. The van der Waals surface area contributed by atoms with Crippen molar-refractivity contribution in [1.82, 2.24) is 0 Å². The molecule has 0 radical (unpaired) electrons. The molecule has 3 rings (SSSR count). The van der Waals surface area contributed by atoms with Crippen LogP contribution in [-0.4, -0.2) is 7.11 Å². The van der Waals surface area contributed by atoms with Crippen LogP contribution in [0.3, 0.4) is 0 Å². The third-order valence-electron chi connectivity index (χ3n) is 4.48. The van der Waals surface area contributed by atoms with E-state index in [0.29, 0.717) is 34.7 Å². The van der Waals surface area contributed by atoms with Crippen molar-refractivity contribution in [3.05, 3.63) is 87.4 Å². The van der Waals surface area contributed by atoms with E-state index in [9.17, 15) is 0 Å². The summed E-state index contributed by atoms with van der Waals surface area (Å²) in [5, 5.41) is 4.57. The highest BCUT2D eigenvalue weighted by molar-refractivity contribution is 6.32. The second kappa shape index (κ2) is 9.72. The summed E-state index contributed by atoms with van der Waals surface area (Å²) in [4.78, 5) is 0. The number of hydrogen-bond donors (Lipinski definition) is 1. The van der Waals surface area contributed by atoms with Gasteiger partial charge in [0.15, 0.2) is 11.5 Å². The van der Waals surface area contributed by atoms with Crippen LogP contribution in [0.4, 0.5) is 5.69 Å². The van der Waals surface area contributed by atoms with Crippen molar-refractivity contribution in [2.75, 3.05) is 12.4 Å². The number of benzene rings is 3. The van der Waals surface area contributed by atoms with Crippen molar-refractivity contribution in [2.45, 2.75) is 26.5 Å². The maximum atomic E-state index is 6.47. The van der Waals surface area contributed by atoms with Crippen molar-refractivity contribution in [2.24, 2.45) is 0 Å². The molecular formula is C23H23Cl2NO2. The third-order valence-corrected chi connectivity index (χ3v) is 5.13. The van der Waals surface area contributed by atoms with Gasteiger partial charge in [0.05, 0.1) is 12.1 Å². The minimum Gasteiger partial charge on any atom is -0.493 e. The van der Waals surface area contributed by atoms with Gasteiger partial charge in [0.1, 0.15) is 6.61 Å². The van der Waals surface area contributed by atoms with Crippen molar-refractivity contribution in [3.63, 3.8) is 0 Å². The molecule has 5 heteroatoms. The molecule has 0 saturated carbocycles. The molecule has 3 aromatic carbocycles. The fourth-order valence-corrected chi connectivity index (χ4v) is 3.32. The smallest absolute Gasteiger partial charge is 0.180 e. The molecule has 0 amide bonds. The van der Waals surface area contributed by atoms with Gasteiger partial charge in [-0.25, -0.2) is 0 Å². The first-order chi connectivity index (χ1) is 13.6. The van der Waals surface area contributed by atoms with Crippen LogP contribution in [0.25, 0.3) is 0 Å². The summed E-state index contributed by atoms with van der Waals surface area (Å²) >= 11 is 12.7. The molecule has 0 aliphatic heterocycles. The number of hydrogen-bond acceptors (Lipinski definition) is 3. The largest absolute Gasteiger partial charge is 0.493 e. The molecule has 0 aliphatic carbocycles. The Morgan fingerprint density at radius 2 is 1.64 bits per heavy atom. The molecule has 146 valence electrons. The van der Waals surface area contributed by atoms with E-state index in [1.165, 1.54) is 5.56 Å². The molecule has 0 heterocycles. The first kappa shape index (κ1) is 20.4. The van der Waals surface area contributed by atoms with Gasteiger partial charge in [-0.15, -0.1) is 0 Å². The fourth-order valence-electron chi connectivity index (χ4n) is 2.84. The van der Waals surface area contributed by atoms with Gasteiger partial charge in [-0.1, -0.05) is 60.5 Å². The van der Waals surface area contributed by atoms with Crippen LogP contribution in [0.15, 0.2) is 60.7 Å². The highest BCUT2D eigenvalue weighted by Crippen LogP contribution is 2.37. The lowest BCUT2D eigenvalue weighted by Gasteiger charge is -2.15. The summed E-state index contributed by atoms with van der Waals surface area (Å²) in [5.41, 5.74) is 4.27. The molecule has 0 bridgehead atoms. The molecule has 3 aromatic rings. The maximum absolute atomic E-state index is 6.47. The summed E-state index contributed by atoms with van der Waals surface area (Å²) in [6, 6.07) is 19.8.